The molecule has 240 valence electrons. The summed E-state index contributed by atoms with van der Waals surface area (Å²) in [7, 11) is 5.37. The summed E-state index contributed by atoms with van der Waals surface area (Å²) < 4.78 is 34.1. The van der Waals surface area contributed by atoms with E-state index in [2.05, 4.69) is 0 Å². The van der Waals surface area contributed by atoms with E-state index in [0.29, 0.717) is 0 Å². The van der Waals surface area contributed by atoms with Crippen molar-refractivity contribution in [2.45, 2.75) is 45.5 Å². The number of fused-ring (bicyclic) bond motifs is 3. The highest BCUT2D eigenvalue weighted by Crippen LogP contribution is 2.60. The Morgan fingerprint density at radius 1 is 0.822 bits per heavy atom. The SMILES string of the molecule is C/C=C(/C)C(=O)O[C@H]1c2cc(OC)c(OC)c(O)c2-c2c(cc(OC)c(OC)c2O)[C@H](OC(=O)c2ccccc2)[C@@](C)(O)[C@H]1C. The monoisotopic (exact) mass is 622 g/mol. The van der Waals surface area contributed by atoms with Gasteiger partial charge in [-0.05, 0) is 45.0 Å². The van der Waals surface area contributed by atoms with E-state index < -0.39 is 47.2 Å². The number of aliphatic hydroxyl groups is 1. The number of ether oxygens (including phenoxy) is 6. The van der Waals surface area contributed by atoms with Crippen molar-refractivity contribution in [1.82, 2.24) is 0 Å². The minimum absolute atomic E-state index is 0.0276. The van der Waals surface area contributed by atoms with Gasteiger partial charge in [-0.3, -0.25) is 0 Å². The van der Waals surface area contributed by atoms with Crippen LogP contribution in [0.3, 0.4) is 0 Å². The van der Waals surface area contributed by atoms with Crippen molar-refractivity contribution in [3.8, 4) is 45.6 Å². The van der Waals surface area contributed by atoms with Crippen molar-refractivity contribution >= 4 is 11.9 Å². The molecule has 4 atom stereocenters. The Morgan fingerprint density at radius 3 is 1.82 bits per heavy atom. The van der Waals surface area contributed by atoms with E-state index in [1.807, 2.05) is 0 Å². The molecule has 4 rings (SSSR count). The minimum atomic E-state index is -1.97. The number of rotatable bonds is 8. The zero-order chi connectivity index (χ0) is 33.2. The minimum Gasteiger partial charge on any atom is -0.504 e. The Labute approximate surface area is 261 Å². The zero-order valence-electron chi connectivity index (χ0n) is 26.5. The lowest BCUT2D eigenvalue weighted by Gasteiger charge is -2.43. The van der Waals surface area contributed by atoms with Crippen LogP contribution in [0.5, 0.6) is 34.5 Å². The lowest BCUT2D eigenvalue weighted by Crippen LogP contribution is -2.46. The van der Waals surface area contributed by atoms with Crippen LogP contribution in [0.2, 0.25) is 0 Å². The fraction of sp³-hybridized carbons (Fsp3) is 0.353. The van der Waals surface area contributed by atoms with Gasteiger partial charge in [-0.1, -0.05) is 31.2 Å². The van der Waals surface area contributed by atoms with Crippen LogP contribution in [-0.4, -0.2) is 61.3 Å². The Kier molecular flexibility index (Phi) is 9.53. The molecule has 0 spiro atoms. The summed E-state index contributed by atoms with van der Waals surface area (Å²) in [6.07, 6.45) is -1.21. The van der Waals surface area contributed by atoms with E-state index in [-0.39, 0.29) is 56.4 Å². The molecule has 11 nitrogen and oxygen atoms in total. The molecule has 0 amide bonds. The van der Waals surface area contributed by atoms with Gasteiger partial charge in [-0.15, -0.1) is 0 Å². The highest BCUT2D eigenvalue weighted by Gasteiger charge is 2.51. The van der Waals surface area contributed by atoms with Gasteiger partial charge in [0.25, 0.3) is 0 Å². The third-order valence-corrected chi connectivity index (χ3v) is 8.32. The Hall–Kier alpha value is -4.90. The van der Waals surface area contributed by atoms with Crippen LogP contribution in [-0.2, 0) is 14.3 Å². The molecule has 0 radical (unpaired) electrons. The molecule has 1 aliphatic rings. The summed E-state index contributed by atoms with van der Waals surface area (Å²) in [5.74, 6) is -3.47. The number of allylic oxidation sites excluding steroid dienone is 1. The highest BCUT2D eigenvalue weighted by atomic mass is 16.6. The quantitative estimate of drug-likeness (QED) is 0.211. The molecule has 1 aliphatic carbocycles. The van der Waals surface area contributed by atoms with E-state index in [1.165, 1.54) is 47.5 Å². The van der Waals surface area contributed by atoms with Gasteiger partial charge in [0.1, 0.15) is 11.7 Å². The average molecular weight is 623 g/mol. The molecule has 3 aromatic carbocycles. The number of carbonyl (C=O) groups is 2. The fourth-order valence-corrected chi connectivity index (χ4v) is 5.50. The molecule has 3 N–H and O–H groups in total. The van der Waals surface area contributed by atoms with Crippen LogP contribution in [0, 0.1) is 5.92 Å². The topological polar surface area (TPSA) is 150 Å². The first kappa shape index (κ1) is 33.0. The predicted octanol–water partition coefficient (Wildman–Crippen LogP) is 5.65. The van der Waals surface area contributed by atoms with Crippen LogP contribution in [0.4, 0.5) is 0 Å². The predicted molar refractivity (Wildman–Crippen MR) is 164 cm³/mol. The van der Waals surface area contributed by atoms with Crippen molar-refractivity contribution < 1.29 is 53.3 Å². The summed E-state index contributed by atoms with van der Waals surface area (Å²) in [6, 6.07) is 11.1. The van der Waals surface area contributed by atoms with Crippen LogP contribution in [0.25, 0.3) is 11.1 Å². The Balaban J connectivity index is 2.19. The average Bonchev–Trinajstić information content (AvgIpc) is 3.04. The first-order chi connectivity index (χ1) is 21.4. The molecule has 0 aromatic heterocycles. The molecule has 0 saturated carbocycles. The number of methoxy groups -OCH3 is 4. The molecule has 0 saturated heterocycles. The number of carbonyl (C=O) groups excluding carboxylic acids is 2. The summed E-state index contributed by atoms with van der Waals surface area (Å²) >= 11 is 0. The van der Waals surface area contributed by atoms with Gasteiger partial charge in [0.05, 0.1) is 34.0 Å². The molecule has 11 heteroatoms. The molecule has 45 heavy (non-hydrogen) atoms. The number of aromatic hydroxyl groups is 2. The lowest BCUT2D eigenvalue weighted by atomic mass is 9.71. The third-order valence-electron chi connectivity index (χ3n) is 8.32. The fourth-order valence-electron chi connectivity index (χ4n) is 5.50. The third kappa shape index (κ3) is 5.71. The molecular weight excluding hydrogens is 584 g/mol. The molecule has 0 fully saturated rings. The van der Waals surface area contributed by atoms with Gasteiger partial charge in [0.15, 0.2) is 29.1 Å². The van der Waals surface area contributed by atoms with Crippen molar-refractivity contribution in [2.75, 3.05) is 28.4 Å². The van der Waals surface area contributed by atoms with Gasteiger partial charge in [0, 0.05) is 33.7 Å². The van der Waals surface area contributed by atoms with Crippen molar-refractivity contribution in [3.63, 3.8) is 0 Å². The van der Waals surface area contributed by atoms with Crippen LogP contribution >= 0.6 is 0 Å². The normalized spacial score (nSPS) is 20.9. The molecule has 0 bridgehead atoms. The molecule has 0 unspecified atom stereocenters. The molecule has 3 aromatic rings. The van der Waals surface area contributed by atoms with Crippen molar-refractivity contribution in [2.24, 2.45) is 5.92 Å². The second kappa shape index (κ2) is 13.0. The maximum atomic E-state index is 13.5. The first-order valence-electron chi connectivity index (χ1n) is 14.2. The maximum Gasteiger partial charge on any atom is 0.338 e. The second-order valence-electron chi connectivity index (χ2n) is 10.8. The zero-order valence-corrected chi connectivity index (χ0v) is 26.5. The van der Waals surface area contributed by atoms with Crippen LogP contribution in [0.1, 0.15) is 61.4 Å². The van der Waals surface area contributed by atoms with Gasteiger partial charge >= 0.3 is 11.9 Å². The molecular formula is C34H38O11. The number of phenols is 2. The Morgan fingerprint density at radius 2 is 1.33 bits per heavy atom. The number of benzene rings is 3. The van der Waals surface area contributed by atoms with Gasteiger partial charge < -0.3 is 43.7 Å². The van der Waals surface area contributed by atoms with E-state index in [1.54, 1.807) is 57.2 Å². The summed E-state index contributed by atoms with van der Waals surface area (Å²) in [5.41, 5.74) is -1.34. The van der Waals surface area contributed by atoms with Crippen LogP contribution < -0.4 is 18.9 Å². The number of phenolic OH excluding ortho intramolecular Hbond substituents is 2. The van der Waals surface area contributed by atoms with E-state index in [9.17, 15) is 24.9 Å². The highest BCUT2D eigenvalue weighted by molar-refractivity contribution is 5.92. The summed E-state index contributed by atoms with van der Waals surface area (Å²) in [5, 5.41) is 36.0. The van der Waals surface area contributed by atoms with Gasteiger partial charge in [-0.25, -0.2) is 9.59 Å². The number of hydrogen-bond donors (Lipinski definition) is 3. The van der Waals surface area contributed by atoms with Crippen LogP contribution in [0.15, 0.2) is 54.1 Å². The number of esters is 2. The Bertz CT molecular complexity index is 1630. The van der Waals surface area contributed by atoms with E-state index >= 15 is 0 Å². The second-order valence-corrected chi connectivity index (χ2v) is 10.8. The standard InChI is InChI=1S/C34H38O11/c1-9-17(2)32(37)44-28-18(3)34(4,39)31(45-33(38)19-13-11-10-12-14-19)21-16-23(41-6)30(43-8)27(36)25(21)24-20(28)15-22(40-5)29(42-7)26(24)35/h9-16,18,28,31,35-36,39H,1-8H3/b17-9-/t18-,28+,31-,34-/m0/s1. The van der Waals surface area contributed by atoms with Crippen molar-refractivity contribution in [1.29, 1.82) is 0 Å². The van der Waals surface area contributed by atoms with Gasteiger partial charge in [0.2, 0.25) is 11.5 Å². The van der Waals surface area contributed by atoms with E-state index in [0.717, 1.165) is 0 Å². The number of hydrogen-bond acceptors (Lipinski definition) is 11. The largest absolute Gasteiger partial charge is 0.504 e. The summed E-state index contributed by atoms with van der Waals surface area (Å²) in [4.78, 5) is 26.8. The van der Waals surface area contributed by atoms with E-state index in [4.69, 9.17) is 28.4 Å². The molecule has 0 heterocycles. The molecule has 0 aliphatic heterocycles. The lowest BCUT2D eigenvalue weighted by molar-refractivity contribution is -0.165. The van der Waals surface area contributed by atoms with Crippen molar-refractivity contribution in [3.05, 3.63) is 70.8 Å². The van der Waals surface area contributed by atoms with Gasteiger partial charge in [-0.2, -0.15) is 0 Å². The maximum absolute atomic E-state index is 13.5. The first-order valence-corrected chi connectivity index (χ1v) is 14.2. The smallest absolute Gasteiger partial charge is 0.338 e. The summed E-state index contributed by atoms with van der Waals surface area (Å²) in [6.45, 7) is 6.31.